The molecule has 1 unspecified atom stereocenters. The number of carboxylic acids is 1. The van der Waals surface area contributed by atoms with Crippen LogP contribution >= 0.6 is 11.8 Å². The lowest BCUT2D eigenvalue weighted by atomic mass is 9.79. The number of unbranched alkanes of at least 4 members (excludes halogenated alkanes) is 2. The summed E-state index contributed by atoms with van der Waals surface area (Å²) in [6.07, 6.45) is 8.81. The quantitative estimate of drug-likeness (QED) is 0.140. The minimum absolute atomic E-state index is 0.0630. The Kier molecular flexibility index (Phi) is 11.6. The van der Waals surface area contributed by atoms with Crippen molar-refractivity contribution in [2.24, 2.45) is 5.41 Å². The minimum atomic E-state index is -1.72. The van der Waals surface area contributed by atoms with E-state index in [4.69, 9.17) is 9.84 Å². The third-order valence-corrected chi connectivity index (χ3v) is 9.56. The molecule has 0 radical (unpaired) electrons. The number of ether oxygens (including phenoxy) is 1. The molecule has 0 bridgehead atoms. The summed E-state index contributed by atoms with van der Waals surface area (Å²) >= 11 is 1.38. The van der Waals surface area contributed by atoms with E-state index in [9.17, 15) is 18.2 Å². The standard InChI is InChI=1S/C30H39FN2O5S2/c1-5-8-14-30(15-9-6-2)19-33(22-12-10-21(11-13-22)32-28(34)7-3)24-16-26(39-4)25(17-27(24)40(37)20-30)38-18-23(31)29(35)36/h10-13,16-18H,5-9,14-15,19-20H2,1-4H3,(H,32,34)(H,35,36)/b23-18-. The second kappa shape index (κ2) is 14.7. The summed E-state index contributed by atoms with van der Waals surface area (Å²) in [7, 11) is -1.38. The lowest BCUT2D eigenvalue weighted by Crippen LogP contribution is -2.37. The number of carbonyl (C=O) groups is 2. The fourth-order valence-corrected chi connectivity index (χ4v) is 7.17. The third-order valence-electron chi connectivity index (χ3n) is 7.11. The summed E-state index contributed by atoms with van der Waals surface area (Å²) in [5.74, 6) is -2.46. The molecule has 0 fully saturated rings. The molecule has 0 aliphatic carbocycles. The van der Waals surface area contributed by atoms with Crippen LogP contribution < -0.4 is 15.0 Å². The van der Waals surface area contributed by atoms with Gasteiger partial charge in [-0.05, 0) is 49.4 Å². The fraction of sp³-hybridized carbons (Fsp3) is 0.467. The molecule has 2 aromatic carbocycles. The minimum Gasteiger partial charge on any atom is -0.476 e. The van der Waals surface area contributed by atoms with E-state index >= 15 is 0 Å². The van der Waals surface area contributed by atoms with E-state index < -0.39 is 22.6 Å². The first kappa shape index (κ1) is 31.7. The maximum atomic E-state index is 14.0. The molecule has 218 valence electrons. The van der Waals surface area contributed by atoms with Crippen molar-refractivity contribution in [1.29, 1.82) is 0 Å². The summed E-state index contributed by atoms with van der Waals surface area (Å²) in [4.78, 5) is 26.3. The highest BCUT2D eigenvalue weighted by atomic mass is 32.2. The average molecular weight is 591 g/mol. The molecule has 0 saturated heterocycles. The Balaban J connectivity index is 2.16. The van der Waals surface area contributed by atoms with Gasteiger partial charge in [-0.3, -0.25) is 9.00 Å². The van der Waals surface area contributed by atoms with Gasteiger partial charge in [0.15, 0.2) is 0 Å². The maximum Gasteiger partial charge on any atom is 0.368 e. The van der Waals surface area contributed by atoms with Crippen molar-refractivity contribution in [2.75, 3.05) is 28.8 Å². The number of aliphatic carboxylic acids is 1. The Bertz CT molecular complexity index is 1240. The number of rotatable bonds is 13. The van der Waals surface area contributed by atoms with Gasteiger partial charge >= 0.3 is 5.97 Å². The van der Waals surface area contributed by atoms with Crippen molar-refractivity contribution in [3.63, 3.8) is 0 Å². The zero-order valence-electron chi connectivity index (χ0n) is 23.6. The number of halogens is 1. The number of amides is 1. The normalized spacial score (nSPS) is 16.7. The highest BCUT2D eigenvalue weighted by molar-refractivity contribution is 7.98. The fourth-order valence-electron chi connectivity index (χ4n) is 4.90. The van der Waals surface area contributed by atoms with Crippen LogP contribution in [0.5, 0.6) is 5.75 Å². The van der Waals surface area contributed by atoms with Crippen molar-refractivity contribution < 1.29 is 28.0 Å². The first-order valence-electron chi connectivity index (χ1n) is 13.7. The molecule has 2 aromatic rings. The Hall–Kier alpha value is -2.85. The molecule has 1 amide bonds. The zero-order valence-corrected chi connectivity index (χ0v) is 25.3. The highest BCUT2D eigenvalue weighted by Gasteiger charge is 2.39. The second-order valence-electron chi connectivity index (χ2n) is 10.1. The van der Waals surface area contributed by atoms with E-state index in [1.54, 1.807) is 13.0 Å². The molecule has 3 rings (SSSR count). The van der Waals surface area contributed by atoms with Gasteiger partial charge in [0.1, 0.15) is 12.0 Å². The van der Waals surface area contributed by atoms with E-state index in [0.717, 1.165) is 49.9 Å². The van der Waals surface area contributed by atoms with Crippen molar-refractivity contribution in [3.8, 4) is 5.75 Å². The lowest BCUT2D eigenvalue weighted by Gasteiger charge is -2.37. The number of carbonyl (C=O) groups excluding carboxylic acids is 1. The Morgan fingerprint density at radius 3 is 2.35 bits per heavy atom. The molecular formula is C30H39FN2O5S2. The second-order valence-corrected chi connectivity index (χ2v) is 12.4. The third kappa shape index (κ3) is 7.87. The van der Waals surface area contributed by atoms with Crippen LogP contribution in [0.1, 0.15) is 65.7 Å². The summed E-state index contributed by atoms with van der Waals surface area (Å²) < 4.78 is 33.2. The van der Waals surface area contributed by atoms with E-state index in [1.165, 1.54) is 11.8 Å². The number of thioether (sulfide) groups is 1. The van der Waals surface area contributed by atoms with Crippen LogP contribution in [-0.4, -0.2) is 39.7 Å². The molecule has 0 spiro atoms. The highest BCUT2D eigenvalue weighted by Crippen LogP contribution is 2.47. The van der Waals surface area contributed by atoms with Gasteiger partial charge in [0, 0.05) is 41.6 Å². The van der Waals surface area contributed by atoms with Crippen LogP contribution in [0.3, 0.4) is 0 Å². The molecule has 1 heterocycles. The van der Waals surface area contributed by atoms with Crippen LogP contribution in [0.4, 0.5) is 21.5 Å². The zero-order chi connectivity index (χ0) is 29.3. The number of fused-ring (bicyclic) bond motifs is 1. The molecule has 7 nitrogen and oxygen atoms in total. The summed E-state index contributed by atoms with van der Waals surface area (Å²) in [6, 6.07) is 11.2. The molecule has 40 heavy (non-hydrogen) atoms. The Morgan fingerprint density at radius 2 is 1.80 bits per heavy atom. The van der Waals surface area contributed by atoms with E-state index in [1.807, 2.05) is 36.6 Å². The molecule has 2 N–H and O–H groups in total. The van der Waals surface area contributed by atoms with Crippen molar-refractivity contribution in [3.05, 3.63) is 48.5 Å². The number of nitrogens with one attached hydrogen (secondary N) is 1. The molecule has 1 aliphatic heterocycles. The van der Waals surface area contributed by atoms with Crippen LogP contribution in [0.25, 0.3) is 0 Å². The van der Waals surface area contributed by atoms with Gasteiger partial charge in [-0.15, -0.1) is 11.8 Å². The van der Waals surface area contributed by atoms with Crippen LogP contribution in [-0.2, 0) is 20.4 Å². The number of nitrogens with zero attached hydrogens (tertiary/aromatic N) is 1. The summed E-state index contributed by atoms with van der Waals surface area (Å²) in [6.45, 7) is 6.80. The largest absolute Gasteiger partial charge is 0.476 e. The topological polar surface area (TPSA) is 95.9 Å². The first-order valence-corrected chi connectivity index (χ1v) is 16.2. The maximum absolute atomic E-state index is 14.0. The van der Waals surface area contributed by atoms with E-state index in [0.29, 0.717) is 40.5 Å². The predicted molar refractivity (Wildman–Crippen MR) is 161 cm³/mol. The predicted octanol–water partition coefficient (Wildman–Crippen LogP) is 7.66. The molecule has 1 atom stereocenters. The van der Waals surface area contributed by atoms with Gasteiger partial charge < -0.3 is 20.1 Å². The summed E-state index contributed by atoms with van der Waals surface area (Å²) in [5, 5.41) is 11.8. The number of anilines is 3. The van der Waals surface area contributed by atoms with Crippen molar-refractivity contribution >= 4 is 51.5 Å². The Labute approximate surface area is 243 Å². The van der Waals surface area contributed by atoms with Crippen LogP contribution in [0.15, 0.2) is 58.3 Å². The Morgan fingerprint density at radius 1 is 1.15 bits per heavy atom. The first-order chi connectivity index (χ1) is 19.2. The molecule has 0 saturated carbocycles. The van der Waals surface area contributed by atoms with Crippen molar-refractivity contribution in [1.82, 2.24) is 0 Å². The van der Waals surface area contributed by atoms with E-state index in [-0.39, 0.29) is 17.1 Å². The van der Waals surface area contributed by atoms with Gasteiger partial charge in [-0.1, -0.05) is 46.5 Å². The molecule has 0 aromatic heterocycles. The molecular weight excluding hydrogens is 551 g/mol. The van der Waals surface area contributed by atoms with Gasteiger partial charge in [-0.25, -0.2) is 4.79 Å². The van der Waals surface area contributed by atoms with Crippen molar-refractivity contribution in [2.45, 2.75) is 75.5 Å². The summed E-state index contributed by atoms with van der Waals surface area (Å²) in [5.41, 5.74) is 2.20. The van der Waals surface area contributed by atoms with E-state index in [2.05, 4.69) is 24.1 Å². The van der Waals surface area contributed by atoms with Gasteiger partial charge in [-0.2, -0.15) is 4.39 Å². The molecule has 1 aliphatic rings. The molecule has 10 heteroatoms. The van der Waals surface area contributed by atoms with Gasteiger partial charge in [0.25, 0.3) is 0 Å². The van der Waals surface area contributed by atoms with Crippen LogP contribution in [0.2, 0.25) is 0 Å². The average Bonchev–Trinajstić information content (AvgIpc) is 3.07. The van der Waals surface area contributed by atoms with Crippen LogP contribution in [0, 0.1) is 5.41 Å². The number of hydrogen-bond acceptors (Lipinski definition) is 6. The lowest BCUT2D eigenvalue weighted by molar-refractivity contribution is -0.134. The SMILES string of the molecule is CCCCC1(CCCC)CN(c2ccc(NC(=O)CC)cc2)c2cc(SC)c(O/C=C(\F)C(=O)O)cc2S(=O)C1. The van der Waals surface area contributed by atoms with Gasteiger partial charge in [0.2, 0.25) is 11.7 Å². The number of benzene rings is 2. The number of hydrogen-bond donors (Lipinski definition) is 2. The number of carboxylic acid groups (broad SMARTS) is 1. The smallest absolute Gasteiger partial charge is 0.368 e. The van der Waals surface area contributed by atoms with Gasteiger partial charge in [0.05, 0.1) is 26.3 Å². The monoisotopic (exact) mass is 590 g/mol.